The minimum absolute atomic E-state index is 0.105. The number of aryl methyl sites for hydroxylation is 1. The highest BCUT2D eigenvalue weighted by Crippen LogP contribution is 2.25. The predicted octanol–water partition coefficient (Wildman–Crippen LogP) is 5.88. The molecule has 7 nitrogen and oxygen atoms in total. The molecule has 1 N–H and O–H groups in total. The lowest BCUT2D eigenvalue weighted by molar-refractivity contribution is -0.133. The van der Waals surface area contributed by atoms with Gasteiger partial charge in [0.05, 0.1) is 16.6 Å². The molecule has 2 amide bonds. The van der Waals surface area contributed by atoms with Crippen molar-refractivity contribution >= 4 is 57.5 Å². The van der Waals surface area contributed by atoms with Gasteiger partial charge in [0.15, 0.2) is 0 Å². The van der Waals surface area contributed by atoms with E-state index in [1.807, 2.05) is 34.1 Å². The van der Waals surface area contributed by atoms with Crippen LogP contribution < -0.4 is 10.1 Å². The van der Waals surface area contributed by atoms with Crippen LogP contribution >= 0.6 is 34.8 Å². The van der Waals surface area contributed by atoms with Crippen LogP contribution in [0.3, 0.4) is 0 Å². The van der Waals surface area contributed by atoms with Gasteiger partial charge in [-0.2, -0.15) is 0 Å². The van der Waals surface area contributed by atoms with Crippen molar-refractivity contribution in [1.29, 1.82) is 0 Å². The monoisotopic (exact) mass is 573 g/mol. The largest absolute Gasteiger partial charge is 0.457 e. The number of piperazine rings is 1. The minimum Gasteiger partial charge on any atom is -0.457 e. The van der Waals surface area contributed by atoms with Crippen LogP contribution in [0, 0.1) is 0 Å². The number of carbonyl (C=O) groups excluding carboxylic acids is 3. The molecule has 198 valence electrons. The lowest BCUT2D eigenvalue weighted by atomic mass is 10.1. The number of benzene rings is 3. The number of hydrogen-bond acceptors (Lipinski definition) is 5. The van der Waals surface area contributed by atoms with Gasteiger partial charge in [0.1, 0.15) is 11.5 Å². The average molecular weight is 575 g/mol. The van der Waals surface area contributed by atoms with Gasteiger partial charge in [0.25, 0.3) is 5.91 Å². The summed E-state index contributed by atoms with van der Waals surface area (Å²) in [6.45, 7) is 2.74. The molecule has 3 aromatic rings. The molecule has 4 rings (SSSR count). The van der Waals surface area contributed by atoms with E-state index in [1.165, 1.54) is 6.07 Å². The van der Waals surface area contributed by atoms with Crippen molar-refractivity contribution in [2.24, 2.45) is 0 Å². The third-order valence-electron chi connectivity index (χ3n) is 6.15. The van der Waals surface area contributed by atoms with E-state index in [-0.39, 0.29) is 23.6 Å². The van der Waals surface area contributed by atoms with Crippen LogP contribution in [0.25, 0.3) is 0 Å². The summed E-state index contributed by atoms with van der Waals surface area (Å²) in [4.78, 5) is 39.8. The molecule has 1 heterocycles. The molecule has 0 saturated carbocycles. The summed E-state index contributed by atoms with van der Waals surface area (Å²) in [6.07, 6.45) is 1.05. The Labute approximate surface area is 236 Å². The fraction of sp³-hybridized carbons (Fsp3) is 0.250. The zero-order valence-corrected chi connectivity index (χ0v) is 22.7. The van der Waals surface area contributed by atoms with Gasteiger partial charge in [0, 0.05) is 43.9 Å². The van der Waals surface area contributed by atoms with Gasteiger partial charge in [0.2, 0.25) is 11.1 Å². The van der Waals surface area contributed by atoms with Crippen molar-refractivity contribution in [3.63, 3.8) is 0 Å². The number of nitrogens with zero attached hydrogens (tertiary/aromatic N) is 2. The molecule has 10 heteroatoms. The topological polar surface area (TPSA) is 79.0 Å². The maximum atomic E-state index is 12.6. The number of amides is 2. The summed E-state index contributed by atoms with van der Waals surface area (Å²) in [5.74, 6) is 1.10. The zero-order chi connectivity index (χ0) is 27.1. The quantitative estimate of drug-likeness (QED) is 0.323. The number of halogens is 3. The van der Waals surface area contributed by atoms with E-state index < -0.39 is 0 Å². The molecule has 0 radical (unpaired) electrons. The Hall–Kier alpha value is -3.10. The maximum absolute atomic E-state index is 12.6. The van der Waals surface area contributed by atoms with Crippen molar-refractivity contribution in [2.75, 3.05) is 38.0 Å². The van der Waals surface area contributed by atoms with E-state index in [9.17, 15) is 14.4 Å². The fourth-order valence-corrected chi connectivity index (χ4v) is 4.51. The van der Waals surface area contributed by atoms with Crippen LogP contribution in [-0.4, -0.2) is 59.6 Å². The van der Waals surface area contributed by atoms with Gasteiger partial charge < -0.3 is 15.0 Å². The summed E-state index contributed by atoms with van der Waals surface area (Å²) in [5.41, 5.74) is 2.06. The summed E-state index contributed by atoms with van der Waals surface area (Å²) in [7, 11) is 0. The first-order valence-electron chi connectivity index (χ1n) is 12.1. The first kappa shape index (κ1) is 27.9. The van der Waals surface area contributed by atoms with E-state index in [0.717, 1.165) is 5.56 Å². The Morgan fingerprint density at radius 2 is 1.45 bits per heavy atom. The van der Waals surface area contributed by atoms with Crippen molar-refractivity contribution in [3.05, 3.63) is 87.9 Å². The maximum Gasteiger partial charge on any atom is 0.255 e. The smallest absolute Gasteiger partial charge is 0.255 e. The summed E-state index contributed by atoms with van der Waals surface area (Å²) < 4.78 is 5.91. The first-order chi connectivity index (χ1) is 18.3. The van der Waals surface area contributed by atoms with E-state index in [0.29, 0.717) is 71.8 Å². The molecule has 0 spiro atoms. The Kier molecular flexibility index (Phi) is 9.63. The number of anilines is 1. The first-order valence-corrected chi connectivity index (χ1v) is 13.2. The standard InChI is InChI=1S/C28H26Cl3N3O4/c29-24-11-4-20(17-25(24)30)28(37)32-21-5-9-23(10-6-21)38-22-7-1-19(2-8-22)3-12-27(36)34-15-13-33(14-16-34)18-26(31)35/h1-2,4-11,17H,3,12-16,18H2,(H,32,37). The fourth-order valence-electron chi connectivity index (χ4n) is 4.05. The minimum atomic E-state index is -0.376. The molecule has 0 aromatic heterocycles. The molecule has 1 fully saturated rings. The molecule has 0 aliphatic carbocycles. The Bertz CT molecular complexity index is 1290. The van der Waals surface area contributed by atoms with Crippen molar-refractivity contribution < 1.29 is 19.1 Å². The molecule has 0 unspecified atom stereocenters. The normalized spacial score (nSPS) is 13.7. The Morgan fingerprint density at radius 3 is 2.05 bits per heavy atom. The second kappa shape index (κ2) is 13.1. The third kappa shape index (κ3) is 7.95. The highest BCUT2D eigenvalue weighted by molar-refractivity contribution is 6.64. The van der Waals surface area contributed by atoms with Crippen molar-refractivity contribution in [3.8, 4) is 11.5 Å². The van der Waals surface area contributed by atoms with E-state index in [2.05, 4.69) is 5.32 Å². The highest BCUT2D eigenvalue weighted by Gasteiger charge is 2.21. The second-order valence-electron chi connectivity index (χ2n) is 8.87. The highest BCUT2D eigenvalue weighted by atomic mass is 35.5. The summed E-state index contributed by atoms with van der Waals surface area (Å²) in [6, 6.07) is 19.3. The molecular formula is C28H26Cl3N3O4. The van der Waals surface area contributed by atoms with Crippen LogP contribution in [-0.2, 0) is 16.0 Å². The number of nitrogens with one attached hydrogen (secondary N) is 1. The van der Waals surface area contributed by atoms with Gasteiger partial charge in [-0.15, -0.1) is 0 Å². The molecule has 1 aliphatic rings. The van der Waals surface area contributed by atoms with Gasteiger partial charge in [-0.3, -0.25) is 19.3 Å². The third-order valence-corrected chi connectivity index (χ3v) is 7.01. The van der Waals surface area contributed by atoms with Gasteiger partial charge in [-0.1, -0.05) is 35.3 Å². The van der Waals surface area contributed by atoms with E-state index in [1.54, 1.807) is 36.4 Å². The van der Waals surface area contributed by atoms with Crippen LogP contribution in [0.5, 0.6) is 11.5 Å². The Balaban J connectivity index is 1.23. The van der Waals surface area contributed by atoms with Gasteiger partial charge in [-0.05, 0) is 78.2 Å². The molecule has 1 saturated heterocycles. The lowest BCUT2D eigenvalue weighted by Crippen LogP contribution is -2.49. The van der Waals surface area contributed by atoms with Gasteiger partial charge in [-0.25, -0.2) is 0 Å². The van der Waals surface area contributed by atoms with Crippen LogP contribution in [0.2, 0.25) is 10.0 Å². The number of hydrogen-bond donors (Lipinski definition) is 1. The number of carbonyl (C=O) groups is 3. The summed E-state index contributed by atoms with van der Waals surface area (Å²) >= 11 is 17.3. The molecule has 0 bridgehead atoms. The average Bonchev–Trinajstić information content (AvgIpc) is 2.91. The SMILES string of the molecule is O=C(Cl)CN1CCN(C(=O)CCc2ccc(Oc3ccc(NC(=O)c4ccc(Cl)c(Cl)c4)cc3)cc2)CC1. The van der Waals surface area contributed by atoms with Gasteiger partial charge >= 0.3 is 0 Å². The molecule has 1 aliphatic heterocycles. The van der Waals surface area contributed by atoms with Crippen LogP contribution in [0.15, 0.2) is 66.7 Å². The molecule has 3 aromatic carbocycles. The number of rotatable bonds is 9. The predicted molar refractivity (Wildman–Crippen MR) is 150 cm³/mol. The van der Waals surface area contributed by atoms with Crippen molar-refractivity contribution in [2.45, 2.75) is 12.8 Å². The van der Waals surface area contributed by atoms with Crippen LogP contribution in [0.4, 0.5) is 5.69 Å². The molecule has 0 atom stereocenters. The van der Waals surface area contributed by atoms with E-state index >= 15 is 0 Å². The van der Waals surface area contributed by atoms with Crippen molar-refractivity contribution in [1.82, 2.24) is 9.80 Å². The second-order valence-corrected chi connectivity index (χ2v) is 10.1. The summed E-state index contributed by atoms with van der Waals surface area (Å²) in [5, 5.41) is 3.14. The lowest BCUT2D eigenvalue weighted by Gasteiger charge is -2.34. The zero-order valence-electron chi connectivity index (χ0n) is 20.5. The molecule has 38 heavy (non-hydrogen) atoms. The van der Waals surface area contributed by atoms with E-state index in [4.69, 9.17) is 39.5 Å². The Morgan fingerprint density at radius 1 is 0.816 bits per heavy atom. The van der Waals surface area contributed by atoms with Crippen LogP contribution in [0.1, 0.15) is 22.3 Å². The molecular weight excluding hydrogens is 549 g/mol. The number of ether oxygens (including phenoxy) is 1.